The molecule has 0 radical (unpaired) electrons. The van der Waals surface area contributed by atoms with E-state index < -0.39 is 10.0 Å². The number of sulfonamides is 1. The smallest absolute Gasteiger partial charge is 0.261 e. The molecule has 3 aromatic carbocycles. The van der Waals surface area contributed by atoms with E-state index in [1.807, 2.05) is 19.1 Å². The fourth-order valence-electron chi connectivity index (χ4n) is 4.37. The van der Waals surface area contributed by atoms with Crippen LogP contribution in [0.4, 0.5) is 10.8 Å². The molecule has 2 heterocycles. The van der Waals surface area contributed by atoms with Gasteiger partial charge in [-0.1, -0.05) is 46.7 Å². The molecule has 1 aromatic heterocycles. The normalized spacial score (nSPS) is 14.1. The zero-order valence-corrected chi connectivity index (χ0v) is 25.5. The summed E-state index contributed by atoms with van der Waals surface area (Å²) in [7, 11) is -3.80. The standard InChI is InChI=1S/C27H27Cl2N5O3S2.ClH/c1-18-5-10-23(29)25-24(18)31-27(38-25)34-15-13-33(14-16-34)12-11-30-26(35)19-3-2-4-21(17-19)32-39(36,37)22-8-6-20(28)7-9-22;/h2-10,17,32H,11-16H2,1H3,(H,30,35);1H. The molecule has 0 saturated carbocycles. The van der Waals surface area contributed by atoms with Crippen LogP contribution < -0.4 is 14.9 Å². The number of anilines is 2. The lowest BCUT2D eigenvalue weighted by Crippen LogP contribution is -2.48. The zero-order valence-electron chi connectivity index (χ0n) is 21.6. The second-order valence-electron chi connectivity index (χ2n) is 9.26. The van der Waals surface area contributed by atoms with Crippen LogP contribution in [0.5, 0.6) is 0 Å². The molecule has 0 atom stereocenters. The number of aryl methyl sites for hydroxylation is 1. The molecule has 4 aromatic rings. The minimum absolute atomic E-state index is 0. The highest BCUT2D eigenvalue weighted by atomic mass is 35.5. The first-order valence-corrected chi connectivity index (χ1v) is 15.4. The largest absolute Gasteiger partial charge is 0.351 e. The third kappa shape index (κ3) is 6.99. The first-order valence-electron chi connectivity index (χ1n) is 12.4. The Labute approximate surface area is 253 Å². The minimum Gasteiger partial charge on any atom is -0.351 e. The summed E-state index contributed by atoms with van der Waals surface area (Å²) >= 11 is 13.9. The molecular formula is C27H28Cl3N5O3S2. The predicted molar refractivity (Wildman–Crippen MR) is 166 cm³/mol. The van der Waals surface area contributed by atoms with Gasteiger partial charge in [-0.2, -0.15) is 0 Å². The van der Waals surface area contributed by atoms with Gasteiger partial charge in [0.15, 0.2) is 5.13 Å². The van der Waals surface area contributed by atoms with E-state index in [2.05, 4.69) is 19.8 Å². The van der Waals surface area contributed by atoms with Crippen molar-refractivity contribution in [1.82, 2.24) is 15.2 Å². The van der Waals surface area contributed by atoms with Crippen molar-refractivity contribution in [2.24, 2.45) is 0 Å². The van der Waals surface area contributed by atoms with Crippen molar-refractivity contribution >= 4 is 83.9 Å². The molecule has 0 unspecified atom stereocenters. The van der Waals surface area contributed by atoms with E-state index in [1.54, 1.807) is 29.5 Å². The SMILES string of the molecule is Cc1ccc(Cl)c2sc(N3CCN(CCNC(=O)c4cccc(NS(=O)(=O)c5ccc(Cl)cc5)c4)CC3)nc12.Cl. The lowest BCUT2D eigenvalue weighted by atomic mass is 10.2. The van der Waals surface area contributed by atoms with Crippen LogP contribution in [0.15, 0.2) is 65.6 Å². The van der Waals surface area contributed by atoms with Gasteiger partial charge in [0.2, 0.25) is 0 Å². The number of halogens is 3. The summed E-state index contributed by atoms with van der Waals surface area (Å²) in [4.78, 5) is 22.2. The molecule has 2 N–H and O–H groups in total. The van der Waals surface area contributed by atoms with Crippen molar-refractivity contribution < 1.29 is 13.2 Å². The summed E-state index contributed by atoms with van der Waals surface area (Å²) < 4.78 is 28.9. The Morgan fingerprint density at radius 3 is 2.45 bits per heavy atom. The maximum Gasteiger partial charge on any atom is 0.261 e. The van der Waals surface area contributed by atoms with Gasteiger partial charge in [-0.15, -0.1) is 12.4 Å². The summed E-state index contributed by atoms with van der Waals surface area (Å²) in [6, 6.07) is 16.2. The molecule has 1 aliphatic heterocycles. The van der Waals surface area contributed by atoms with Crippen LogP contribution in [-0.2, 0) is 10.0 Å². The molecular weight excluding hydrogens is 613 g/mol. The van der Waals surface area contributed by atoms with Crippen LogP contribution >= 0.6 is 46.9 Å². The van der Waals surface area contributed by atoms with Crippen molar-refractivity contribution in [1.29, 1.82) is 0 Å². The van der Waals surface area contributed by atoms with E-state index >= 15 is 0 Å². The van der Waals surface area contributed by atoms with Crippen LogP contribution in [-0.4, -0.2) is 63.5 Å². The first-order chi connectivity index (χ1) is 18.7. The molecule has 1 fully saturated rings. The third-order valence-electron chi connectivity index (χ3n) is 6.54. The first kappa shape index (κ1) is 30.4. The number of thiazole rings is 1. The second-order valence-corrected chi connectivity index (χ2v) is 12.8. The maximum atomic E-state index is 12.7. The molecule has 0 aliphatic carbocycles. The van der Waals surface area contributed by atoms with E-state index in [0.29, 0.717) is 29.4 Å². The average Bonchev–Trinajstić information content (AvgIpc) is 3.38. The van der Waals surface area contributed by atoms with Crippen LogP contribution in [0.2, 0.25) is 10.0 Å². The van der Waals surface area contributed by atoms with Crippen LogP contribution in [0, 0.1) is 6.92 Å². The Morgan fingerprint density at radius 1 is 1.02 bits per heavy atom. The van der Waals surface area contributed by atoms with Gasteiger partial charge in [-0.05, 0) is 61.0 Å². The van der Waals surface area contributed by atoms with Crippen LogP contribution in [0.1, 0.15) is 15.9 Å². The van der Waals surface area contributed by atoms with E-state index in [9.17, 15) is 13.2 Å². The maximum absolute atomic E-state index is 12.7. The Morgan fingerprint density at radius 2 is 1.75 bits per heavy atom. The highest BCUT2D eigenvalue weighted by Crippen LogP contribution is 2.35. The Kier molecular flexibility index (Phi) is 9.81. The fourth-order valence-corrected chi connectivity index (χ4v) is 6.91. The predicted octanol–water partition coefficient (Wildman–Crippen LogP) is 5.69. The summed E-state index contributed by atoms with van der Waals surface area (Å²) in [5.41, 5.74) is 2.77. The molecule has 1 amide bonds. The number of hydrogen-bond donors (Lipinski definition) is 2. The number of piperazine rings is 1. The van der Waals surface area contributed by atoms with Crippen molar-refractivity contribution in [3.63, 3.8) is 0 Å². The van der Waals surface area contributed by atoms with Crippen molar-refractivity contribution in [2.45, 2.75) is 11.8 Å². The summed E-state index contributed by atoms with van der Waals surface area (Å²) in [6.07, 6.45) is 0. The molecule has 5 rings (SSSR count). The molecule has 0 spiro atoms. The molecule has 0 bridgehead atoms. The van der Waals surface area contributed by atoms with Gasteiger partial charge in [0.05, 0.1) is 20.1 Å². The quantitative estimate of drug-likeness (QED) is 0.257. The number of hydrogen-bond acceptors (Lipinski definition) is 7. The third-order valence-corrected chi connectivity index (χ3v) is 9.77. The Bertz CT molecular complexity index is 1570. The summed E-state index contributed by atoms with van der Waals surface area (Å²) in [6.45, 7) is 6.66. The minimum atomic E-state index is -3.80. The van der Waals surface area contributed by atoms with Gasteiger partial charge < -0.3 is 10.2 Å². The van der Waals surface area contributed by atoms with Crippen LogP contribution in [0.25, 0.3) is 10.2 Å². The number of amides is 1. The molecule has 40 heavy (non-hydrogen) atoms. The van der Waals surface area contributed by atoms with Crippen molar-refractivity contribution in [3.05, 3.63) is 81.8 Å². The topological polar surface area (TPSA) is 94.6 Å². The summed E-state index contributed by atoms with van der Waals surface area (Å²) in [5.74, 6) is -0.261. The lowest BCUT2D eigenvalue weighted by molar-refractivity contribution is 0.0948. The van der Waals surface area contributed by atoms with Gasteiger partial charge in [0.25, 0.3) is 15.9 Å². The van der Waals surface area contributed by atoms with E-state index in [4.69, 9.17) is 28.2 Å². The zero-order chi connectivity index (χ0) is 27.6. The molecule has 13 heteroatoms. The van der Waals surface area contributed by atoms with Gasteiger partial charge in [0.1, 0.15) is 0 Å². The van der Waals surface area contributed by atoms with Crippen LogP contribution in [0.3, 0.4) is 0 Å². The number of fused-ring (bicyclic) bond motifs is 1. The number of nitrogens with one attached hydrogen (secondary N) is 2. The van der Waals surface area contributed by atoms with Crippen molar-refractivity contribution in [2.75, 3.05) is 48.9 Å². The highest BCUT2D eigenvalue weighted by Gasteiger charge is 2.21. The van der Waals surface area contributed by atoms with Crippen molar-refractivity contribution in [3.8, 4) is 0 Å². The Hall–Kier alpha value is -2.60. The fraction of sp³-hybridized carbons (Fsp3) is 0.259. The van der Waals surface area contributed by atoms with Gasteiger partial charge in [0, 0.05) is 55.5 Å². The van der Waals surface area contributed by atoms with Gasteiger partial charge in [-0.25, -0.2) is 13.4 Å². The number of nitrogens with zero attached hydrogens (tertiary/aromatic N) is 3. The number of benzene rings is 3. The van der Waals surface area contributed by atoms with E-state index in [1.165, 1.54) is 30.3 Å². The van der Waals surface area contributed by atoms with E-state index in [-0.39, 0.29) is 23.2 Å². The molecule has 212 valence electrons. The number of carbonyl (C=O) groups excluding carboxylic acids is 1. The second kappa shape index (κ2) is 12.9. The summed E-state index contributed by atoms with van der Waals surface area (Å²) in [5, 5.41) is 5.10. The average molecular weight is 641 g/mol. The van der Waals surface area contributed by atoms with Gasteiger partial charge >= 0.3 is 0 Å². The molecule has 8 nitrogen and oxygen atoms in total. The lowest BCUT2D eigenvalue weighted by Gasteiger charge is -2.34. The highest BCUT2D eigenvalue weighted by molar-refractivity contribution is 7.92. The number of carbonyl (C=O) groups is 1. The Balaban J connectivity index is 0.00000370. The van der Waals surface area contributed by atoms with Gasteiger partial charge in [-0.3, -0.25) is 14.4 Å². The molecule has 1 aliphatic rings. The van der Waals surface area contributed by atoms with E-state index in [0.717, 1.165) is 52.1 Å². The number of rotatable bonds is 8. The molecule has 1 saturated heterocycles. The monoisotopic (exact) mass is 639 g/mol. The number of aromatic nitrogens is 1.